The van der Waals surface area contributed by atoms with E-state index in [1.165, 1.54) is 18.4 Å². The Morgan fingerprint density at radius 2 is 2.10 bits per heavy atom. The molecular formula is C15H17BrN4. The molecule has 0 aliphatic heterocycles. The molecule has 0 saturated heterocycles. The first-order valence-corrected chi connectivity index (χ1v) is 7.51. The summed E-state index contributed by atoms with van der Waals surface area (Å²) >= 11 is 3.49. The Kier molecular flexibility index (Phi) is 3.61. The van der Waals surface area contributed by atoms with Crippen LogP contribution in [0.25, 0.3) is 0 Å². The lowest BCUT2D eigenvalue weighted by atomic mass is 10.2. The van der Waals surface area contributed by atoms with Crippen LogP contribution in [-0.4, -0.2) is 17.0 Å². The highest BCUT2D eigenvalue weighted by molar-refractivity contribution is 9.10. The van der Waals surface area contributed by atoms with Crippen LogP contribution >= 0.6 is 15.9 Å². The zero-order valence-electron chi connectivity index (χ0n) is 11.4. The summed E-state index contributed by atoms with van der Waals surface area (Å²) < 4.78 is 1.09. The lowest BCUT2D eigenvalue weighted by Crippen LogP contribution is -2.19. The molecular weight excluding hydrogens is 316 g/mol. The second-order valence-electron chi connectivity index (χ2n) is 5.27. The van der Waals surface area contributed by atoms with Gasteiger partial charge in [-0.3, -0.25) is 0 Å². The fraction of sp³-hybridized carbons (Fsp3) is 0.333. The van der Waals surface area contributed by atoms with Crippen molar-refractivity contribution in [3.8, 4) is 0 Å². The zero-order valence-corrected chi connectivity index (χ0v) is 13.0. The van der Waals surface area contributed by atoms with Crippen LogP contribution in [0.5, 0.6) is 0 Å². The van der Waals surface area contributed by atoms with Crippen molar-refractivity contribution in [3.05, 3.63) is 46.2 Å². The molecule has 0 atom stereocenters. The molecule has 5 heteroatoms. The minimum absolute atomic E-state index is 0.511. The predicted octanol–water partition coefficient (Wildman–Crippen LogP) is 3.34. The molecule has 2 aromatic rings. The minimum Gasteiger partial charge on any atom is -0.384 e. The Balaban J connectivity index is 1.81. The molecule has 4 nitrogen and oxygen atoms in total. The third-order valence-electron chi connectivity index (χ3n) is 3.39. The van der Waals surface area contributed by atoms with Gasteiger partial charge in [0.15, 0.2) is 0 Å². The number of nitrogen functional groups attached to an aromatic ring is 1. The number of hydrogen-bond acceptors (Lipinski definition) is 4. The van der Waals surface area contributed by atoms with Crippen LogP contribution < -0.4 is 10.6 Å². The summed E-state index contributed by atoms with van der Waals surface area (Å²) in [5, 5.41) is 0. The minimum atomic E-state index is 0.511. The molecule has 1 aromatic carbocycles. The summed E-state index contributed by atoms with van der Waals surface area (Å²) in [5.74, 6) is 2.84. The van der Waals surface area contributed by atoms with E-state index < -0.39 is 0 Å². The molecule has 1 fully saturated rings. The van der Waals surface area contributed by atoms with Gasteiger partial charge in [0.1, 0.15) is 17.5 Å². The molecule has 1 aliphatic rings. The molecule has 0 radical (unpaired) electrons. The van der Waals surface area contributed by atoms with Gasteiger partial charge in [-0.1, -0.05) is 28.1 Å². The van der Waals surface area contributed by atoms with Crippen molar-refractivity contribution in [3.63, 3.8) is 0 Å². The van der Waals surface area contributed by atoms with E-state index >= 15 is 0 Å². The number of rotatable bonds is 4. The summed E-state index contributed by atoms with van der Waals surface area (Å²) in [6.45, 7) is 0.792. The van der Waals surface area contributed by atoms with Gasteiger partial charge < -0.3 is 10.6 Å². The van der Waals surface area contributed by atoms with Crippen LogP contribution in [0.3, 0.4) is 0 Å². The molecule has 1 heterocycles. The molecule has 1 aliphatic carbocycles. The van der Waals surface area contributed by atoms with E-state index in [1.54, 1.807) is 0 Å². The number of aromatic nitrogens is 2. The number of hydrogen-bond donors (Lipinski definition) is 1. The largest absolute Gasteiger partial charge is 0.384 e. The zero-order chi connectivity index (χ0) is 14.1. The van der Waals surface area contributed by atoms with Gasteiger partial charge in [0.25, 0.3) is 0 Å². The first-order chi connectivity index (χ1) is 9.61. The van der Waals surface area contributed by atoms with Gasteiger partial charge in [0.05, 0.1) is 0 Å². The summed E-state index contributed by atoms with van der Waals surface area (Å²) in [4.78, 5) is 11.1. The van der Waals surface area contributed by atoms with Crippen LogP contribution in [-0.2, 0) is 6.54 Å². The number of halogens is 1. The monoisotopic (exact) mass is 332 g/mol. The van der Waals surface area contributed by atoms with Crippen molar-refractivity contribution in [1.29, 1.82) is 0 Å². The normalized spacial score (nSPS) is 14.3. The van der Waals surface area contributed by atoms with E-state index in [2.05, 4.69) is 42.9 Å². The summed E-state index contributed by atoms with van der Waals surface area (Å²) in [5.41, 5.74) is 7.12. The van der Waals surface area contributed by atoms with E-state index in [0.717, 1.165) is 22.7 Å². The average molecular weight is 333 g/mol. The van der Waals surface area contributed by atoms with Gasteiger partial charge in [-0.2, -0.15) is 0 Å². The first kappa shape index (κ1) is 13.4. The predicted molar refractivity (Wildman–Crippen MR) is 84.7 cm³/mol. The van der Waals surface area contributed by atoms with E-state index in [9.17, 15) is 0 Å². The Morgan fingerprint density at radius 3 is 2.80 bits per heavy atom. The van der Waals surface area contributed by atoms with Crippen molar-refractivity contribution in [2.45, 2.75) is 25.3 Å². The standard InChI is InChI=1S/C15H17BrN4/c1-20(9-10-3-2-4-12(16)7-10)14-8-13(17)18-15(19-14)11-5-6-11/h2-4,7-8,11H,5-6,9H2,1H3,(H2,17,18,19). The summed E-state index contributed by atoms with van der Waals surface area (Å²) in [6.07, 6.45) is 2.36. The molecule has 2 N–H and O–H groups in total. The van der Waals surface area contributed by atoms with Crippen molar-refractivity contribution in [1.82, 2.24) is 9.97 Å². The van der Waals surface area contributed by atoms with E-state index in [0.29, 0.717) is 11.7 Å². The Bertz CT molecular complexity index is 625. The first-order valence-electron chi connectivity index (χ1n) is 6.72. The van der Waals surface area contributed by atoms with Crippen LogP contribution in [0.4, 0.5) is 11.6 Å². The molecule has 1 aromatic heterocycles. The molecule has 20 heavy (non-hydrogen) atoms. The van der Waals surface area contributed by atoms with Gasteiger partial charge in [0.2, 0.25) is 0 Å². The second kappa shape index (κ2) is 5.40. The lowest BCUT2D eigenvalue weighted by Gasteiger charge is -2.19. The fourth-order valence-electron chi connectivity index (χ4n) is 2.18. The molecule has 0 bridgehead atoms. The van der Waals surface area contributed by atoms with E-state index in [-0.39, 0.29) is 0 Å². The highest BCUT2D eigenvalue weighted by atomic mass is 79.9. The van der Waals surface area contributed by atoms with Crippen LogP contribution in [0.2, 0.25) is 0 Å². The fourth-order valence-corrected chi connectivity index (χ4v) is 2.63. The number of benzene rings is 1. The van der Waals surface area contributed by atoms with Gasteiger partial charge in [-0.25, -0.2) is 9.97 Å². The second-order valence-corrected chi connectivity index (χ2v) is 6.19. The smallest absolute Gasteiger partial charge is 0.136 e. The third kappa shape index (κ3) is 3.10. The lowest BCUT2D eigenvalue weighted by molar-refractivity contribution is 0.856. The van der Waals surface area contributed by atoms with Crippen LogP contribution in [0.1, 0.15) is 30.1 Å². The van der Waals surface area contributed by atoms with Gasteiger partial charge in [-0.05, 0) is 30.5 Å². The van der Waals surface area contributed by atoms with E-state index in [1.807, 2.05) is 25.2 Å². The van der Waals surface area contributed by atoms with Gasteiger partial charge in [0, 0.05) is 30.0 Å². The summed E-state index contributed by atoms with van der Waals surface area (Å²) in [6, 6.07) is 10.1. The number of nitrogens with two attached hydrogens (primary N) is 1. The van der Waals surface area contributed by atoms with Crippen LogP contribution in [0, 0.1) is 0 Å². The molecule has 0 spiro atoms. The van der Waals surface area contributed by atoms with Crippen molar-refractivity contribution in [2.75, 3.05) is 17.7 Å². The quantitative estimate of drug-likeness (QED) is 0.932. The number of anilines is 2. The molecule has 3 rings (SSSR count). The maximum absolute atomic E-state index is 5.90. The van der Waals surface area contributed by atoms with Gasteiger partial charge >= 0.3 is 0 Å². The number of nitrogens with zero attached hydrogens (tertiary/aromatic N) is 3. The van der Waals surface area contributed by atoms with Gasteiger partial charge in [-0.15, -0.1) is 0 Å². The maximum atomic E-state index is 5.90. The third-order valence-corrected chi connectivity index (χ3v) is 3.89. The van der Waals surface area contributed by atoms with Crippen molar-refractivity contribution >= 4 is 27.6 Å². The molecule has 0 unspecified atom stereocenters. The molecule has 0 amide bonds. The Labute approximate surface area is 127 Å². The topological polar surface area (TPSA) is 55.0 Å². The SMILES string of the molecule is CN(Cc1cccc(Br)c1)c1cc(N)nc(C2CC2)n1. The Hall–Kier alpha value is -1.62. The molecule has 1 saturated carbocycles. The summed E-state index contributed by atoms with van der Waals surface area (Å²) in [7, 11) is 2.03. The van der Waals surface area contributed by atoms with E-state index in [4.69, 9.17) is 5.73 Å². The van der Waals surface area contributed by atoms with Crippen molar-refractivity contribution in [2.24, 2.45) is 0 Å². The van der Waals surface area contributed by atoms with Crippen LogP contribution in [0.15, 0.2) is 34.8 Å². The molecule has 104 valence electrons. The average Bonchev–Trinajstić information content (AvgIpc) is 3.22. The maximum Gasteiger partial charge on any atom is 0.136 e. The highest BCUT2D eigenvalue weighted by Gasteiger charge is 2.27. The highest BCUT2D eigenvalue weighted by Crippen LogP contribution is 2.38. The van der Waals surface area contributed by atoms with Crippen molar-refractivity contribution < 1.29 is 0 Å². The Morgan fingerprint density at radius 1 is 1.30 bits per heavy atom.